The molecule has 4 aliphatic heterocycles. The number of rotatable bonds is 13. The van der Waals surface area contributed by atoms with Crippen LogP contribution >= 0.6 is 58.8 Å². The number of carbonyl (C=O) groups excluding carboxylic acids is 1. The normalized spacial score (nSPS) is 18.4. The third kappa shape index (κ3) is 12.4. The van der Waals surface area contributed by atoms with Crippen LogP contribution in [-0.4, -0.2) is 61.5 Å². The average molecular weight is 1290 g/mol. The van der Waals surface area contributed by atoms with Crippen LogP contribution in [0.15, 0.2) is 132 Å². The van der Waals surface area contributed by atoms with Crippen molar-refractivity contribution in [3.63, 3.8) is 0 Å². The molecule has 0 aliphatic carbocycles. The second-order valence-corrected chi connectivity index (χ2v) is 23.4. The molecule has 24 heteroatoms. The van der Waals surface area contributed by atoms with Gasteiger partial charge >= 0.3 is 20.2 Å². The Labute approximate surface area is 530 Å². The van der Waals surface area contributed by atoms with Gasteiger partial charge in [0.15, 0.2) is 22.8 Å². The van der Waals surface area contributed by atoms with Crippen LogP contribution in [0, 0.1) is 11.6 Å². The number of pyridine rings is 2. The maximum absolute atomic E-state index is 14.0. The zero-order valence-corrected chi connectivity index (χ0v) is 51.5. The van der Waals surface area contributed by atoms with Gasteiger partial charge in [-0.1, -0.05) is 128 Å². The zero-order chi connectivity index (χ0) is 60.9. The molecule has 2 atom stereocenters. The van der Waals surface area contributed by atoms with E-state index in [0.29, 0.717) is 70.8 Å². The lowest BCUT2D eigenvalue weighted by molar-refractivity contribution is -0.00760. The second-order valence-electron chi connectivity index (χ2n) is 21.8. The number of carbonyl (C=O) groups is 2. The molecule has 0 spiro atoms. The van der Waals surface area contributed by atoms with E-state index in [1.807, 2.05) is 79.0 Å². The third-order valence-corrected chi connectivity index (χ3v) is 17.9. The highest BCUT2D eigenvalue weighted by Gasteiger charge is 2.46. The maximum atomic E-state index is 14.0. The van der Waals surface area contributed by atoms with Gasteiger partial charge in [-0.25, -0.2) is 13.6 Å². The van der Waals surface area contributed by atoms with E-state index in [4.69, 9.17) is 71.1 Å². The molecule has 87 heavy (non-hydrogen) atoms. The number of benzene rings is 4. The molecule has 8 aromatic rings. The van der Waals surface area contributed by atoms with Crippen molar-refractivity contribution in [3.05, 3.63) is 209 Å². The number of nitrogens with one attached hydrogen (secondary N) is 1. The number of carboxylic acids is 1. The molecule has 0 radical (unpaired) electrons. The van der Waals surface area contributed by atoms with E-state index in [9.17, 15) is 33.5 Å². The quantitative estimate of drug-likeness (QED) is 0.0546. The molecule has 2 unspecified atom stereocenters. The van der Waals surface area contributed by atoms with E-state index >= 15 is 0 Å². The lowest BCUT2D eigenvalue weighted by Crippen LogP contribution is -2.30. The van der Waals surface area contributed by atoms with E-state index in [0.717, 1.165) is 64.6 Å². The number of fused-ring (bicyclic) bond motifs is 4. The molecular weight excluding hydrogens is 1220 g/mol. The van der Waals surface area contributed by atoms with Gasteiger partial charge < -0.3 is 54.0 Å². The van der Waals surface area contributed by atoms with Crippen LogP contribution < -0.4 is 22.0 Å². The Hall–Kier alpha value is -6.48. The number of aromatic carboxylic acids is 1. The molecule has 0 saturated carbocycles. The Kier molecular flexibility index (Phi) is 20.1. The number of nitrogens with zero attached hydrogens (tertiary/aromatic N) is 4. The van der Waals surface area contributed by atoms with Crippen LogP contribution in [0.5, 0.6) is 0 Å². The number of oxime groups is 2. The smallest absolute Gasteiger partial charge is 0.478 e. The lowest BCUT2D eigenvalue weighted by atomic mass is 9.76. The number of nitrogens with two attached hydrogens (primary N) is 1. The first-order valence-corrected chi connectivity index (χ1v) is 29.3. The highest BCUT2D eigenvalue weighted by Crippen LogP contribution is 2.43. The van der Waals surface area contributed by atoms with Crippen LogP contribution in [0.1, 0.15) is 153 Å². The largest absolute Gasteiger partial charge is 0.492 e. The van der Waals surface area contributed by atoms with Crippen LogP contribution in [0.25, 0.3) is 11.0 Å². The van der Waals surface area contributed by atoms with Gasteiger partial charge in [-0.05, 0) is 146 Å². The summed E-state index contributed by atoms with van der Waals surface area (Å²) in [6.45, 7) is 12.7. The Morgan fingerprint density at radius 1 is 0.632 bits per heavy atom. The Balaban J connectivity index is 0.000000186. The van der Waals surface area contributed by atoms with E-state index in [1.54, 1.807) is 34.9 Å². The van der Waals surface area contributed by atoms with Crippen LogP contribution in [0.3, 0.4) is 0 Å². The molecular formula is C63H65B2Cl5F2N6O9. The Morgan fingerprint density at radius 2 is 1.03 bits per heavy atom. The van der Waals surface area contributed by atoms with Crippen LogP contribution in [0.2, 0.25) is 20.1 Å². The first-order valence-electron chi connectivity index (χ1n) is 27.8. The summed E-state index contributed by atoms with van der Waals surface area (Å²) in [7, 11) is -1.79. The van der Waals surface area contributed by atoms with E-state index in [2.05, 4.69) is 43.3 Å². The number of amides is 1. The van der Waals surface area contributed by atoms with Gasteiger partial charge in [0.25, 0.3) is 5.91 Å². The van der Waals surface area contributed by atoms with Crippen molar-refractivity contribution in [1.29, 1.82) is 0 Å². The highest BCUT2D eigenvalue weighted by atomic mass is 35.5. The minimum Gasteiger partial charge on any atom is -0.478 e. The van der Waals surface area contributed by atoms with Crippen LogP contribution in [-0.2, 0) is 54.5 Å². The molecule has 0 fully saturated rings. The third-order valence-electron chi connectivity index (χ3n) is 16.8. The summed E-state index contributed by atoms with van der Waals surface area (Å²) >= 11 is 23.9. The predicted octanol–water partition coefficient (Wildman–Crippen LogP) is 13.1. The molecule has 4 aromatic carbocycles. The predicted molar refractivity (Wildman–Crippen MR) is 342 cm³/mol. The molecule has 15 nitrogen and oxygen atoms in total. The molecule has 456 valence electrons. The Bertz CT molecular complexity index is 3960. The van der Waals surface area contributed by atoms with Crippen molar-refractivity contribution in [2.45, 2.75) is 123 Å². The van der Waals surface area contributed by atoms with Crippen molar-refractivity contribution >= 4 is 118 Å². The SMILES string of the molecule is C.CC1(c2cc(Cl)c(F)c(Cl)c2)CC(c2ccc(C(=O)O)c3cccn23)=NO1.CCC1(CC)OB(O)c2cc(CN)ccc21.CCC1(CC)OB(O)c2cc(CNC(=O)c3ccc(C4=NOC(C)(c5cc(Cl)c(F)c(Cl)c5)C4)n4cccc34)ccc21.Cl. The molecule has 0 saturated heterocycles. The van der Waals surface area contributed by atoms with E-state index in [1.165, 1.54) is 30.3 Å². The maximum Gasteiger partial charge on any atom is 0.492 e. The summed E-state index contributed by atoms with van der Waals surface area (Å²) in [6.07, 6.45) is 7.66. The van der Waals surface area contributed by atoms with Gasteiger partial charge in [-0.2, -0.15) is 0 Å². The molecule has 12 rings (SSSR count). The zero-order valence-electron chi connectivity index (χ0n) is 47.7. The van der Waals surface area contributed by atoms with Gasteiger partial charge in [0.05, 0.1) is 64.8 Å². The first-order chi connectivity index (χ1) is 40.5. The minimum absolute atomic E-state index is 0. The van der Waals surface area contributed by atoms with Crippen LogP contribution in [0.4, 0.5) is 8.78 Å². The minimum atomic E-state index is -1.00. The summed E-state index contributed by atoms with van der Waals surface area (Å²) in [6, 6.07) is 31.9. The number of hydrogen-bond acceptors (Lipinski definition) is 11. The Morgan fingerprint density at radius 3 is 1.45 bits per heavy atom. The molecule has 8 heterocycles. The first kappa shape index (κ1) is 66.5. The van der Waals surface area contributed by atoms with E-state index in [-0.39, 0.29) is 57.0 Å². The van der Waals surface area contributed by atoms with E-state index < -0.39 is 48.6 Å². The monoisotopic (exact) mass is 1280 g/mol. The number of halogens is 7. The standard InChI is InChI=1S/C31H29BCl2FN3O4.C19H13Cl2FN2O3.C12H18BNO2.CH4.ClH/c1-4-31(5-2)21-10-8-18(13-22(21)32(40)41-31)17-36-29(39)20-9-11-27(38-12-6-7-26(20)38)25-16-30(3,42-37-25)19-14-23(33)28(35)24(34)15-19;1-19(10-7-12(20)17(22)13(21)8-10)9-14(23-27-19)16-5-4-11(18(25)26)15-3-2-6-24(15)16;1-3-12(4-2)10-6-5-9(8-14)7-11(10)13(15)16-12;;/h6-15,40H,4-5,16-17H2,1-3H3,(H,36,39);2-8H,9H2,1H3,(H,25,26);5-7,15H,3-4,8,14H2,1-2H3;1H4;1H. The fourth-order valence-corrected chi connectivity index (χ4v) is 12.7. The van der Waals surface area contributed by atoms with Crippen molar-refractivity contribution in [3.8, 4) is 0 Å². The van der Waals surface area contributed by atoms with Crippen molar-refractivity contribution in [2.24, 2.45) is 16.0 Å². The molecule has 4 aromatic heterocycles. The van der Waals surface area contributed by atoms with Crippen molar-refractivity contribution in [2.75, 3.05) is 0 Å². The molecule has 6 N–H and O–H groups in total. The summed E-state index contributed by atoms with van der Waals surface area (Å²) in [5.41, 5.74) is 14.6. The van der Waals surface area contributed by atoms with Gasteiger partial charge in [0.2, 0.25) is 0 Å². The highest BCUT2D eigenvalue weighted by molar-refractivity contribution is 6.62. The summed E-state index contributed by atoms with van der Waals surface area (Å²) in [5.74, 6) is -2.59. The average Bonchev–Trinajstić information content (AvgIpc) is 2.13. The molecule has 4 aliphatic rings. The van der Waals surface area contributed by atoms with Gasteiger partial charge in [-0.15, -0.1) is 12.4 Å². The summed E-state index contributed by atoms with van der Waals surface area (Å²) < 4.78 is 43.0. The van der Waals surface area contributed by atoms with Gasteiger partial charge in [0.1, 0.15) is 11.4 Å². The van der Waals surface area contributed by atoms with Gasteiger partial charge in [0, 0.05) is 49.5 Å². The fourth-order valence-electron chi connectivity index (χ4n) is 11.8. The molecule has 1 amide bonds. The molecule has 0 bridgehead atoms. The summed E-state index contributed by atoms with van der Waals surface area (Å²) in [5, 5.41) is 41.0. The lowest BCUT2D eigenvalue weighted by Gasteiger charge is -2.28. The fraction of sp³-hybridized carbons (Fsp3) is 0.302. The topological polar surface area (TPSA) is 203 Å². The number of carboxylic acid groups (broad SMARTS) is 1. The second kappa shape index (κ2) is 26.3. The van der Waals surface area contributed by atoms with Gasteiger partial charge in [-0.3, -0.25) is 4.79 Å². The summed E-state index contributed by atoms with van der Waals surface area (Å²) in [4.78, 5) is 36.2. The van der Waals surface area contributed by atoms with Crippen molar-refractivity contribution < 1.29 is 52.5 Å². The number of hydrogen-bond donors (Lipinski definition) is 5. The van der Waals surface area contributed by atoms with Crippen molar-refractivity contribution in [1.82, 2.24) is 14.1 Å². The number of aromatic nitrogens is 2.